The number of carbonyl (C=O) groups excluding carboxylic acids is 2. The fourth-order valence-corrected chi connectivity index (χ4v) is 2.18. The van der Waals surface area contributed by atoms with Crippen LogP contribution in [0.4, 0.5) is 10.5 Å². The topological polar surface area (TPSA) is 121 Å². The number of amides is 3. The highest BCUT2D eigenvalue weighted by Gasteiger charge is 2.26. The average Bonchev–Trinajstić information content (AvgIpc) is 2.48. The van der Waals surface area contributed by atoms with Crippen molar-refractivity contribution in [2.24, 2.45) is 0 Å². The SMILES string of the molecule is O=C1CCN(c2cnc3cc(C(=O)O)ccn3c2=O)C(=O)N1. The third kappa shape index (κ3) is 2.18. The molecule has 0 radical (unpaired) electrons. The van der Waals surface area contributed by atoms with Crippen LogP contribution in [0.25, 0.3) is 5.65 Å². The summed E-state index contributed by atoms with van der Waals surface area (Å²) in [6.45, 7) is 0.0842. The van der Waals surface area contributed by atoms with Gasteiger partial charge in [0.2, 0.25) is 5.91 Å². The number of hydrogen-bond acceptors (Lipinski definition) is 5. The van der Waals surface area contributed by atoms with Crippen LogP contribution in [0.1, 0.15) is 16.8 Å². The summed E-state index contributed by atoms with van der Waals surface area (Å²) in [7, 11) is 0. The number of aromatic carboxylic acids is 1. The summed E-state index contributed by atoms with van der Waals surface area (Å²) in [4.78, 5) is 51.4. The van der Waals surface area contributed by atoms with Crippen LogP contribution in [0, 0.1) is 0 Å². The lowest BCUT2D eigenvalue weighted by Gasteiger charge is -2.25. The maximum Gasteiger partial charge on any atom is 0.335 e. The lowest BCUT2D eigenvalue weighted by atomic mass is 10.2. The van der Waals surface area contributed by atoms with Gasteiger partial charge >= 0.3 is 12.0 Å². The number of urea groups is 1. The predicted octanol–water partition coefficient (Wildman–Crippen LogP) is -0.161. The Kier molecular flexibility index (Phi) is 3.09. The molecule has 1 saturated heterocycles. The molecule has 0 bridgehead atoms. The summed E-state index contributed by atoms with van der Waals surface area (Å²) in [6, 6.07) is 1.84. The molecule has 1 fully saturated rings. The van der Waals surface area contributed by atoms with Gasteiger partial charge in [0.1, 0.15) is 11.3 Å². The number of aromatic nitrogens is 2. The molecule has 9 heteroatoms. The molecule has 1 aliphatic rings. The first-order valence-corrected chi connectivity index (χ1v) is 6.33. The van der Waals surface area contributed by atoms with Crippen molar-refractivity contribution in [1.82, 2.24) is 14.7 Å². The van der Waals surface area contributed by atoms with Gasteiger partial charge in [-0.3, -0.25) is 24.2 Å². The lowest BCUT2D eigenvalue weighted by Crippen LogP contribution is -2.51. The van der Waals surface area contributed by atoms with E-state index in [1.807, 2.05) is 0 Å². The van der Waals surface area contributed by atoms with E-state index in [1.54, 1.807) is 0 Å². The number of imide groups is 1. The zero-order valence-electron chi connectivity index (χ0n) is 11.1. The molecule has 2 N–H and O–H groups in total. The quantitative estimate of drug-likeness (QED) is 0.795. The van der Waals surface area contributed by atoms with E-state index in [0.717, 1.165) is 9.30 Å². The first-order chi connectivity index (χ1) is 10.5. The van der Waals surface area contributed by atoms with E-state index in [0.29, 0.717) is 0 Å². The Labute approximate surface area is 122 Å². The first kappa shape index (κ1) is 13.7. The molecule has 22 heavy (non-hydrogen) atoms. The van der Waals surface area contributed by atoms with Crippen molar-refractivity contribution in [1.29, 1.82) is 0 Å². The highest BCUT2D eigenvalue weighted by molar-refractivity contribution is 6.05. The molecular weight excluding hydrogens is 292 g/mol. The second kappa shape index (κ2) is 4.95. The highest BCUT2D eigenvalue weighted by atomic mass is 16.4. The molecule has 2 aromatic rings. The van der Waals surface area contributed by atoms with E-state index < -0.39 is 23.5 Å². The number of carboxylic acids is 1. The summed E-state index contributed by atoms with van der Waals surface area (Å²) < 4.78 is 1.14. The Morgan fingerprint density at radius 1 is 1.32 bits per heavy atom. The van der Waals surface area contributed by atoms with Gasteiger partial charge in [0.25, 0.3) is 5.56 Å². The van der Waals surface area contributed by atoms with E-state index in [9.17, 15) is 19.2 Å². The summed E-state index contributed by atoms with van der Waals surface area (Å²) in [5.41, 5.74) is -0.347. The molecule has 3 heterocycles. The third-order valence-electron chi connectivity index (χ3n) is 3.28. The molecule has 0 saturated carbocycles. The molecule has 0 atom stereocenters. The molecule has 0 spiro atoms. The van der Waals surface area contributed by atoms with Crippen molar-refractivity contribution in [2.75, 3.05) is 11.4 Å². The molecule has 2 aromatic heterocycles. The molecule has 0 aliphatic carbocycles. The number of carboxylic acid groups (broad SMARTS) is 1. The second-order valence-electron chi connectivity index (χ2n) is 4.65. The van der Waals surface area contributed by atoms with Crippen LogP contribution in [-0.2, 0) is 4.79 Å². The minimum Gasteiger partial charge on any atom is -0.478 e. The zero-order chi connectivity index (χ0) is 15.9. The fourth-order valence-electron chi connectivity index (χ4n) is 2.18. The minimum atomic E-state index is -1.13. The van der Waals surface area contributed by atoms with Crippen molar-refractivity contribution in [3.05, 3.63) is 40.4 Å². The Hall–Kier alpha value is -3.23. The lowest BCUT2D eigenvalue weighted by molar-refractivity contribution is -0.120. The highest BCUT2D eigenvalue weighted by Crippen LogP contribution is 2.13. The molecule has 0 unspecified atom stereocenters. The van der Waals surface area contributed by atoms with Gasteiger partial charge in [0, 0.05) is 19.2 Å². The number of hydrogen-bond donors (Lipinski definition) is 2. The van der Waals surface area contributed by atoms with Gasteiger partial charge in [-0.15, -0.1) is 0 Å². The maximum atomic E-state index is 12.4. The van der Waals surface area contributed by atoms with Crippen LogP contribution in [0.3, 0.4) is 0 Å². The number of pyridine rings is 1. The van der Waals surface area contributed by atoms with Crippen LogP contribution < -0.4 is 15.8 Å². The number of rotatable bonds is 2. The standard InChI is InChI=1S/C13H10N4O5/c18-10-2-4-16(13(22)15-10)8-6-14-9-5-7(12(20)21)1-3-17(9)11(8)19/h1,3,5-6H,2,4H2,(H,20,21)(H,15,18,22). The van der Waals surface area contributed by atoms with Gasteiger partial charge in [-0.25, -0.2) is 14.6 Å². The zero-order valence-corrected chi connectivity index (χ0v) is 11.1. The summed E-state index contributed by atoms with van der Waals surface area (Å²) in [5, 5.41) is 11.0. The van der Waals surface area contributed by atoms with Gasteiger partial charge < -0.3 is 5.11 Å². The van der Waals surface area contributed by atoms with E-state index in [-0.39, 0.29) is 29.9 Å². The molecule has 3 rings (SSSR count). The molecule has 3 amide bonds. The van der Waals surface area contributed by atoms with Gasteiger partial charge in [0.15, 0.2) is 0 Å². The summed E-state index contributed by atoms with van der Waals surface area (Å²) >= 11 is 0. The number of anilines is 1. The van der Waals surface area contributed by atoms with Crippen molar-refractivity contribution in [3.8, 4) is 0 Å². The van der Waals surface area contributed by atoms with Crippen LogP contribution in [0.2, 0.25) is 0 Å². The third-order valence-corrected chi connectivity index (χ3v) is 3.28. The number of fused-ring (bicyclic) bond motifs is 1. The smallest absolute Gasteiger partial charge is 0.335 e. The minimum absolute atomic E-state index is 0.000891. The molecule has 0 aromatic carbocycles. The van der Waals surface area contributed by atoms with Gasteiger partial charge in [-0.05, 0) is 12.1 Å². The molecular formula is C13H10N4O5. The summed E-state index contributed by atoms with van der Waals surface area (Å²) in [5.74, 6) is -1.53. The average molecular weight is 302 g/mol. The van der Waals surface area contributed by atoms with Crippen molar-refractivity contribution >= 4 is 29.2 Å². The Bertz CT molecular complexity index is 872. The Balaban J connectivity index is 2.09. The first-order valence-electron chi connectivity index (χ1n) is 6.33. The molecule has 112 valence electrons. The van der Waals surface area contributed by atoms with E-state index in [2.05, 4.69) is 10.3 Å². The largest absolute Gasteiger partial charge is 0.478 e. The van der Waals surface area contributed by atoms with Crippen LogP contribution in [-0.4, -0.2) is 38.9 Å². The van der Waals surface area contributed by atoms with Gasteiger partial charge in [-0.1, -0.05) is 0 Å². The normalized spacial score (nSPS) is 15.0. The van der Waals surface area contributed by atoms with E-state index >= 15 is 0 Å². The molecule has 9 nitrogen and oxygen atoms in total. The van der Waals surface area contributed by atoms with Crippen molar-refractivity contribution in [3.63, 3.8) is 0 Å². The predicted molar refractivity (Wildman–Crippen MR) is 73.9 cm³/mol. The van der Waals surface area contributed by atoms with Crippen molar-refractivity contribution in [2.45, 2.75) is 6.42 Å². The van der Waals surface area contributed by atoms with Crippen LogP contribution in [0.5, 0.6) is 0 Å². The number of nitrogens with one attached hydrogen (secondary N) is 1. The van der Waals surface area contributed by atoms with Gasteiger partial charge in [-0.2, -0.15) is 0 Å². The fraction of sp³-hybridized carbons (Fsp3) is 0.154. The van der Waals surface area contributed by atoms with Crippen LogP contribution in [0.15, 0.2) is 29.3 Å². The summed E-state index contributed by atoms with van der Waals surface area (Å²) in [6.07, 6.45) is 2.56. The van der Waals surface area contributed by atoms with Crippen molar-refractivity contribution < 1.29 is 19.5 Å². The second-order valence-corrected chi connectivity index (χ2v) is 4.65. The van der Waals surface area contributed by atoms with E-state index in [1.165, 1.54) is 24.5 Å². The molecule has 1 aliphatic heterocycles. The maximum absolute atomic E-state index is 12.4. The Morgan fingerprint density at radius 2 is 2.09 bits per heavy atom. The number of carbonyl (C=O) groups is 3. The monoisotopic (exact) mass is 302 g/mol. The van der Waals surface area contributed by atoms with Crippen LogP contribution >= 0.6 is 0 Å². The Morgan fingerprint density at radius 3 is 2.77 bits per heavy atom. The van der Waals surface area contributed by atoms with Gasteiger partial charge in [0.05, 0.1) is 11.8 Å². The number of nitrogens with zero attached hydrogens (tertiary/aromatic N) is 3. The van der Waals surface area contributed by atoms with E-state index in [4.69, 9.17) is 5.11 Å².